The first-order valence-corrected chi connectivity index (χ1v) is 7.31. The van der Waals surface area contributed by atoms with E-state index in [9.17, 15) is 9.18 Å². The normalized spacial score (nSPS) is 22.6. The Hall–Kier alpha value is -1.58. The molecule has 1 aliphatic carbocycles. The predicted molar refractivity (Wildman–Crippen MR) is 79.3 cm³/mol. The molecule has 1 aliphatic rings. The van der Waals surface area contributed by atoms with Crippen molar-refractivity contribution in [2.24, 2.45) is 17.6 Å². The van der Waals surface area contributed by atoms with Crippen LogP contribution >= 0.6 is 0 Å². The average molecular weight is 278 g/mol. The summed E-state index contributed by atoms with van der Waals surface area (Å²) in [7, 11) is 0. The van der Waals surface area contributed by atoms with Crippen molar-refractivity contribution in [3.8, 4) is 0 Å². The Kier molecular flexibility index (Phi) is 4.63. The van der Waals surface area contributed by atoms with Gasteiger partial charge in [0.05, 0.1) is 0 Å². The van der Waals surface area contributed by atoms with Crippen LogP contribution in [0, 0.1) is 24.6 Å². The number of nitrogens with one attached hydrogen (secondary N) is 1. The number of carbonyl (C=O) groups excluding carboxylic acids is 1. The van der Waals surface area contributed by atoms with Crippen molar-refractivity contribution in [3.63, 3.8) is 0 Å². The fraction of sp³-hybridized carbons (Fsp3) is 0.562. The van der Waals surface area contributed by atoms with Gasteiger partial charge in [-0.2, -0.15) is 0 Å². The summed E-state index contributed by atoms with van der Waals surface area (Å²) < 4.78 is 13.8. The number of rotatable bonds is 4. The molecule has 0 aromatic heterocycles. The molecule has 1 saturated carbocycles. The number of benzene rings is 1. The van der Waals surface area contributed by atoms with E-state index in [0.717, 1.165) is 12.5 Å². The van der Waals surface area contributed by atoms with Crippen LogP contribution in [0.25, 0.3) is 0 Å². The molecule has 2 unspecified atom stereocenters. The Balaban J connectivity index is 2.06. The van der Waals surface area contributed by atoms with Gasteiger partial charge in [0.25, 0.3) is 0 Å². The van der Waals surface area contributed by atoms with Crippen molar-refractivity contribution in [3.05, 3.63) is 29.1 Å². The lowest BCUT2D eigenvalue weighted by molar-refractivity contribution is 0.1000. The minimum absolute atomic E-state index is 0.215. The smallest absolute Gasteiger partial charge is 0.248 e. The zero-order valence-electron chi connectivity index (χ0n) is 12.2. The van der Waals surface area contributed by atoms with Gasteiger partial charge in [0, 0.05) is 23.4 Å². The van der Waals surface area contributed by atoms with Gasteiger partial charge in [-0.25, -0.2) is 4.39 Å². The Labute approximate surface area is 119 Å². The Morgan fingerprint density at radius 2 is 2.20 bits per heavy atom. The maximum absolute atomic E-state index is 13.8. The van der Waals surface area contributed by atoms with Gasteiger partial charge in [0.1, 0.15) is 5.82 Å². The van der Waals surface area contributed by atoms with Crippen molar-refractivity contribution < 1.29 is 9.18 Å². The van der Waals surface area contributed by atoms with Gasteiger partial charge in [-0.15, -0.1) is 0 Å². The molecule has 0 heterocycles. The van der Waals surface area contributed by atoms with Crippen LogP contribution in [-0.4, -0.2) is 12.5 Å². The lowest BCUT2D eigenvalue weighted by atomic mass is 9.82. The van der Waals surface area contributed by atoms with E-state index in [2.05, 4.69) is 12.2 Å². The Morgan fingerprint density at radius 3 is 2.85 bits per heavy atom. The molecule has 0 spiro atoms. The number of nitrogens with two attached hydrogens (primary N) is 1. The van der Waals surface area contributed by atoms with Crippen LogP contribution in [0.1, 0.15) is 48.5 Å². The third kappa shape index (κ3) is 3.50. The van der Waals surface area contributed by atoms with Crippen molar-refractivity contribution in [2.75, 3.05) is 11.9 Å². The lowest BCUT2D eigenvalue weighted by Crippen LogP contribution is -2.21. The van der Waals surface area contributed by atoms with Crippen molar-refractivity contribution in [1.82, 2.24) is 0 Å². The highest BCUT2D eigenvalue weighted by atomic mass is 19.1. The topological polar surface area (TPSA) is 55.1 Å². The monoisotopic (exact) mass is 278 g/mol. The lowest BCUT2D eigenvalue weighted by Gasteiger charge is -2.27. The molecular weight excluding hydrogens is 255 g/mol. The molecule has 3 N–H and O–H groups in total. The molecule has 4 heteroatoms. The van der Waals surface area contributed by atoms with Crippen LogP contribution in [0.5, 0.6) is 0 Å². The van der Waals surface area contributed by atoms with Gasteiger partial charge in [-0.3, -0.25) is 4.79 Å². The average Bonchev–Trinajstić information content (AvgIpc) is 2.40. The number of hydrogen-bond donors (Lipinski definition) is 2. The highest BCUT2D eigenvalue weighted by Crippen LogP contribution is 2.29. The highest BCUT2D eigenvalue weighted by molar-refractivity contribution is 5.94. The minimum atomic E-state index is -0.599. The Morgan fingerprint density at radius 1 is 1.45 bits per heavy atom. The van der Waals surface area contributed by atoms with E-state index in [4.69, 9.17) is 5.73 Å². The van der Waals surface area contributed by atoms with Crippen LogP contribution in [0.2, 0.25) is 0 Å². The second-order valence-electron chi connectivity index (χ2n) is 6.01. The number of amides is 1. The number of halogens is 1. The predicted octanol–water partition coefficient (Wildman–Crippen LogP) is 3.47. The van der Waals surface area contributed by atoms with E-state index in [1.165, 1.54) is 31.7 Å². The van der Waals surface area contributed by atoms with Crippen LogP contribution in [-0.2, 0) is 0 Å². The van der Waals surface area contributed by atoms with Crippen molar-refractivity contribution in [1.29, 1.82) is 0 Å². The number of primary amides is 1. The van der Waals surface area contributed by atoms with Crippen molar-refractivity contribution in [2.45, 2.75) is 39.5 Å². The van der Waals surface area contributed by atoms with Gasteiger partial charge in [0.15, 0.2) is 0 Å². The molecule has 20 heavy (non-hydrogen) atoms. The van der Waals surface area contributed by atoms with E-state index >= 15 is 0 Å². The second-order valence-corrected chi connectivity index (χ2v) is 6.01. The minimum Gasteiger partial charge on any atom is -0.384 e. The summed E-state index contributed by atoms with van der Waals surface area (Å²) in [6.07, 6.45) is 5.00. The molecule has 0 bridgehead atoms. The zero-order chi connectivity index (χ0) is 14.7. The quantitative estimate of drug-likeness (QED) is 0.886. The van der Waals surface area contributed by atoms with Crippen LogP contribution in [0.3, 0.4) is 0 Å². The van der Waals surface area contributed by atoms with Gasteiger partial charge >= 0.3 is 0 Å². The van der Waals surface area contributed by atoms with Crippen LogP contribution in [0.4, 0.5) is 10.1 Å². The van der Waals surface area contributed by atoms with Gasteiger partial charge < -0.3 is 11.1 Å². The third-order valence-electron chi connectivity index (χ3n) is 4.26. The Bertz CT molecular complexity index is 501. The molecule has 110 valence electrons. The number of anilines is 1. The number of hydrogen-bond acceptors (Lipinski definition) is 2. The molecule has 2 rings (SSSR count). The molecule has 3 nitrogen and oxygen atoms in total. The van der Waals surface area contributed by atoms with Crippen molar-refractivity contribution >= 4 is 11.6 Å². The van der Waals surface area contributed by atoms with Crippen LogP contribution in [0.15, 0.2) is 12.1 Å². The summed E-state index contributed by atoms with van der Waals surface area (Å²) in [6, 6.07) is 2.85. The summed E-state index contributed by atoms with van der Waals surface area (Å²) in [5.41, 5.74) is 6.66. The van der Waals surface area contributed by atoms with Gasteiger partial charge in [0.2, 0.25) is 5.91 Å². The maximum Gasteiger partial charge on any atom is 0.248 e. The van der Waals surface area contributed by atoms with E-state index < -0.39 is 5.91 Å². The first kappa shape index (κ1) is 14.8. The molecule has 1 amide bonds. The second kappa shape index (κ2) is 6.25. The van der Waals surface area contributed by atoms with E-state index in [-0.39, 0.29) is 11.4 Å². The molecule has 0 radical (unpaired) electrons. The fourth-order valence-corrected chi connectivity index (χ4v) is 3.00. The van der Waals surface area contributed by atoms with Gasteiger partial charge in [-0.1, -0.05) is 19.8 Å². The third-order valence-corrected chi connectivity index (χ3v) is 4.26. The van der Waals surface area contributed by atoms with Gasteiger partial charge in [-0.05, 0) is 43.7 Å². The van der Waals surface area contributed by atoms with E-state index in [1.807, 2.05) is 0 Å². The van der Waals surface area contributed by atoms with Crippen LogP contribution < -0.4 is 11.1 Å². The first-order chi connectivity index (χ1) is 9.47. The molecule has 0 aliphatic heterocycles. The first-order valence-electron chi connectivity index (χ1n) is 7.31. The summed E-state index contributed by atoms with van der Waals surface area (Å²) >= 11 is 0. The summed E-state index contributed by atoms with van der Waals surface area (Å²) in [6.45, 7) is 4.82. The van der Waals surface area contributed by atoms with E-state index in [0.29, 0.717) is 17.2 Å². The molecular formula is C16H23FN2O. The summed E-state index contributed by atoms with van der Waals surface area (Å²) in [5.74, 6) is 0.405. The highest BCUT2D eigenvalue weighted by Gasteiger charge is 2.19. The largest absolute Gasteiger partial charge is 0.384 e. The fourth-order valence-electron chi connectivity index (χ4n) is 3.00. The standard InChI is InChI=1S/C16H23FN2O/c1-10-4-3-5-12(6-10)9-19-15-8-13(16(18)20)7-14(17)11(15)2/h7-8,10,12,19H,3-6,9H2,1-2H3,(H2,18,20). The molecule has 1 aromatic rings. The van der Waals surface area contributed by atoms with E-state index in [1.54, 1.807) is 13.0 Å². The summed E-state index contributed by atoms with van der Waals surface area (Å²) in [4.78, 5) is 11.2. The zero-order valence-corrected chi connectivity index (χ0v) is 12.2. The molecule has 2 atom stereocenters. The number of carbonyl (C=O) groups is 1. The summed E-state index contributed by atoms with van der Waals surface area (Å²) in [5, 5.41) is 3.29. The molecule has 1 fully saturated rings. The molecule has 0 saturated heterocycles. The SMILES string of the molecule is Cc1c(F)cc(C(N)=O)cc1NCC1CCCC(C)C1. The molecule has 1 aromatic carbocycles. The maximum atomic E-state index is 13.8.